The molecule has 0 fully saturated rings. The molecule has 3 aromatic rings. The molecule has 2 heterocycles. The van der Waals surface area contributed by atoms with Gasteiger partial charge in [-0.3, -0.25) is 4.79 Å². The summed E-state index contributed by atoms with van der Waals surface area (Å²) < 4.78 is 45.3. The lowest BCUT2D eigenvalue weighted by Gasteiger charge is -2.15. The fourth-order valence-electron chi connectivity index (χ4n) is 3.21. The van der Waals surface area contributed by atoms with Gasteiger partial charge >= 0.3 is 6.18 Å². The summed E-state index contributed by atoms with van der Waals surface area (Å²) in [7, 11) is 0. The van der Waals surface area contributed by atoms with Crippen molar-refractivity contribution in [2.24, 2.45) is 0 Å². The first-order valence-electron chi connectivity index (χ1n) is 10.3. The summed E-state index contributed by atoms with van der Waals surface area (Å²) in [5.41, 5.74) is 0.893. The molecule has 2 aromatic heterocycles. The second-order valence-corrected chi connectivity index (χ2v) is 7.90. The molecule has 0 radical (unpaired) electrons. The van der Waals surface area contributed by atoms with E-state index in [2.05, 4.69) is 15.4 Å². The Bertz CT molecular complexity index is 1100. The highest BCUT2D eigenvalue weighted by atomic mass is 19.4. The van der Waals surface area contributed by atoms with Crippen LogP contribution in [0.15, 0.2) is 48.8 Å². The number of alkyl halides is 3. The Balaban J connectivity index is 1.67. The monoisotopic (exact) mass is 462 g/mol. The van der Waals surface area contributed by atoms with Crippen molar-refractivity contribution in [2.45, 2.75) is 39.0 Å². The van der Waals surface area contributed by atoms with E-state index in [0.717, 1.165) is 17.8 Å². The Hall–Kier alpha value is -3.40. The number of carbonyl (C=O) groups excluding carboxylic acids is 1. The molecule has 176 valence electrons. The van der Waals surface area contributed by atoms with Gasteiger partial charge in [-0.15, -0.1) is 0 Å². The molecular formula is C23H25F3N4O3. The number of nitrogens with one attached hydrogen (secondary N) is 1. The lowest BCUT2D eigenvalue weighted by atomic mass is 10.1. The number of rotatable bonds is 8. The number of carbonyl (C=O) groups is 1. The molecule has 1 aromatic carbocycles. The summed E-state index contributed by atoms with van der Waals surface area (Å²) in [5, 5.41) is 17.0. The maximum absolute atomic E-state index is 12.8. The first-order valence-corrected chi connectivity index (χ1v) is 10.3. The van der Waals surface area contributed by atoms with Crippen molar-refractivity contribution in [3.8, 4) is 11.6 Å². The summed E-state index contributed by atoms with van der Waals surface area (Å²) >= 11 is 0. The van der Waals surface area contributed by atoms with Crippen LogP contribution in [0, 0.1) is 6.92 Å². The Kier molecular flexibility index (Phi) is 7.37. The molecule has 1 atom stereocenters. The predicted molar refractivity (Wildman–Crippen MR) is 115 cm³/mol. The van der Waals surface area contributed by atoms with Crippen molar-refractivity contribution < 1.29 is 27.8 Å². The van der Waals surface area contributed by atoms with E-state index < -0.39 is 23.8 Å². The van der Waals surface area contributed by atoms with Crippen LogP contribution in [0.25, 0.3) is 5.82 Å². The fraction of sp³-hybridized carbons (Fsp3) is 0.348. The minimum atomic E-state index is -4.49. The van der Waals surface area contributed by atoms with Crippen LogP contribution in [0.4, 0.5) is 13.2 Å². The highest BCUT2D eigenvalue weighted by Gasteiger charge is 2.31. The number of pyridine rings is 1. The Morgan fingerprint density at radius 2 is 1.97 bits per heavy atom. The molecule has 33 heavy (non-hydrogen) atoms. The number of nitrogens with zero attached hydrogens (tertiary/aromatic N) is 3. The minimum absolute atomic E-state index is 0.00446. The number of amides is 1. The van der Waals surface area contributed by atoms with E-state index in [9.17, 15) is 23.1 Å². The third kappa shape index (κ3) is 6.10. The van der Waals surface area contributed by atoms with Crippen molar-refractivity contribution in [3.05, 3.63) is 71.2 Å². The van der Waals surface area contributed by atoms with Crippen LogP contribution >= 0.6 is 0 Å². The first kappa shape index (κ1) is 24.2. The average Bonchev–Trinajstić information content (AvgIpc) is 3.21. The minimum Gasteiger partial charge on any atom is -0.491 e. The standard InChI is InChI=1S/C23H25F3N4O3/c1-14(2)21-19(12-29-30(21)20-8-7-16(10-27-20)23(24,25)26)22(32)28-11-17(31)13-33-18-6-4-5-15(3)9-18/h4-10,12,14,17,31H,11,13H2,1-3H3,(H,28,32). The summed E-state index contributed by atoms with van der Waals surface area (Å²) in [6.07, 6.45) is -3.38. The third-order valence-corrected chi connectivity index (χ3v) is 4.82. The normalized spacial score (nSPS) is 12.6. The van der Waals surface area contributed by atoms with E-state index in [0.29, 0.717) is 11.4 Å². The van der Waals surface area contributed by atoms with E-state index >= 15 is 0 Å². The molecule has 0 saturated heterocycles. The zero-order valence-electron chi connectivity index (χ0n) is 18.4. The average molecular weight is 462 g/mol. The molecule has 0 aliphatic carbocycles. The number of hydrogen-bond acceptors (Lipinski definition) is 5. The van der Waals surface area contributed by atoms with Gasteiger partial charge in [0, 0.05) is 12.7 Å². The number of ether oxygens (including phenoxy) is 1. The number of benzene rings is 1. The van der Waals surface area contributed by atoms with Gasteiger partial charge in [0.1, 0.15) is 18.5 Å². The van der Waals surface area contributed by atoms with Crippen molar-refractivity contribution in [2.75, 3.05) is 13.2 Å². The zero-order valence-corrected chi connectivity index (χ0v) is 18.4. The van der Waals surface area contributed by atoms with Crippen LogP contribution in [-0.2, 0) is 6.18 Å². The Labute approximate surface area is 189 Å². The van der Waals surface area contributed by atoms with Crippen LogP contribution in [0.5, 0.6) is 5.75 Å². The zero-order chi connectivity index (χ0) is 24.2. The van der Waals surface area contributed by atoms with Gasteiger partial charge in [0.05, 0.1) is 23.0 Å². The van der Waals surface area contributed by atoms with Crippen LogP contribution in [0.2, 0.25) is 0 Å². The van der Waals surface area contributed by atoms with Gasteiger partial charge in [-0.1, -0.05) is 26.0 Å². The van der Waals surface area contributed by atoms with E-state index in [4.69, 9.17) is 4.74 Å². The summed E-state index contributed by atoms with van der Waals surface area (Å²) in [5.74, 6) is 0.142. The first-order chi connectivity index (χ1) is 15.6. The van der Waals surface area contributed by atoms with Crippen molar-refractivity contribution in [1.29, 1.82) is 0 Å². The quantitative estimate of drug-likeness (QED) is 0.530. The fourth-order valence-corrected chi connectivity index (χ4v) is 3.21. The van der Waals surface area contributed by atoms with Crippen molar-refractivity contribution in [3.63, 3.8) is 0 Å². The summed E-state index contributed by atoms with van der Waals surface area (Å²) in [4.78, 5) is 16.6. The maximum atomic E-state index is 12.8. The number of aromatic nitrogens is 3. The number of halogens is 3. The van der Waals surface area contributed by atoms with E-state index in [1.165, 1.54) is 16.9 Å². The van der Waals surface area contributed by atoms with Crippen LogP contribution in [0.3, 0.4) is 0 Å². The molecule has 0 bridgehead atoms. The molecule has 1 amide bonds. The summed E-state index contributed by atoms with van der Waals surface area (Å²) in [6.45, 7) is 5.54. The van der Waals surface area contributed by atoms with Crippen LogP contribution in [0.1, 0.15) is 46.9 Å². The Morgan fingerprint density at radius 3 is 2.58 bits per heavy atom. The van der Waals surface area contributed by atoms with Gasteiger partial charge in [-0.25, -0.2) is 9.67 Å². The molecule has 0 spiro atoms. The molecule has 3 rings (SSSR count). The predicted octanol–water partition coefficient (Wildman–Crippen LogP) is 3.89. The molecule has 0 saturated carbocycles. The van der Waals surface area contributed by atoms with Crippen molar-refractivity contribution >= 4 is 5.91 Å². The van der Waals surface area contributed by atoms with Gasteiger partial charge in [0.25, 0.3) is 5.91 Å². The van der Waals surface area contributed by atoms with Crippen molar-refractivity contribution in [1.82, 2.24) is 20.1 Å². The van der Waals surface area contributed by atoms with E-state index in [1.807, 2.05) is 39.0 Å². The topological polar surface area (TPSA) is 89.3 Å². The number of aliphatic hydroxyl groups is 1. The molecule has 2 N–H and O–H groups in total. The molecule has 0 aliphatic heterocycles. The smallest absolute Gasteiger partial charge is 0.417 e. The number of aryl methyl sites for hydroxylation is 1. The highest BCUT2D eigenvalue weighted by molar-refractivity contribution is 5.95. The number of hydrogen-bond donors (Lipinski definition) is 2. The van der Waals surface area contributed by atoms with Crippen LogP contribution < -0.4 is 10.1 Å². The second kappa shape index (κ2) is 10.0. The van der Waals surface area contributed by atoms with Gasteiger partial charge in [0.2, 0.25) is 0 Å². The van der Waals surface area contributed by atoms with Gasteiger partial charge in [0.15, 0.2) is 5.82 Å². The lowest BCUT2D eigenvalue weighted by Crippen LogP contribution is -2.35. The van der Waals surface area contributed by atoms with E-state index in [1.54, 1.807) is 6.07 Å². The number of aliphatic hydroxyl groups excluding tert-OH is 1. The van der Waals surface area contributed by atoms with Gasteiger partial charge < -0.3 is 15.2 Å². The second-order valence-electron chi connectivity index (χ2n) is 7.90. The van der Waals surface area contributed by atoms with Crippen LogP contribution in [-0.4, -0.2) is 45.0 Å². The third-order valence-electron chi connectivity index (χ3n) is 4.82. The molecule has 0 aliphatic rings. The summed E-state index contributed by atoms with van der Waals surface area (Å²) in [6, 6.07) is 9.50. The highest BCUT2D eigenvalue weighted by Crippen LogP contribution is 2.29. The molecule has 7 nitrogen and oxygen atoms in total. The largest absolute Gasteiger partial charge is 0.491 e. The van der Waals surface area contributed by atoms with Gasteiger partial charge in [-0.2, -0.15) is 18.3 Å². The SMILES string of the molecule is Cc1cccc(OCC(O)CNC(=O)c2cnn(-c3ccc(C(F)(F)F)cn3)c2C(C)C)c1. The maximum Gasteiger partial charge on any atom is 0.417 e. The molecule has 1 unspecified atom stereocenters. The van der Waals surface area contributed by atoms with E-state index in [-0.39, 0.29) is 30.5 Å². The van der Waals surface area contributed by atoms with Gasteiger partial charge in [-0.05, 0) is 42.7 Å². The Morgan fingerprint density at radius 1 is 1.21 bits per heavy atom. The molecular weight excluding hydrogens is 437 g/mol. The molecule has 10 heteroatoms. The lowest BCUT2D eigenvalue weighted by molar-refractivity contribution is -0.137.